The molecule has 1 aromatic carbocycles. The number of benzene rings is 1. The van der Waals surface area contributed by atoms with Gasteiger partial charge in [0.15, 0.2) is 5.65 Å². The van der Waals surface area contributed by atoms with Crippen LogP contribution in [0, 0.1) is 6.92 Å². The van der Waals surface area contributed by atoms with Crippen molar-refractivity contribution in [2.24, 2.45) is 5.73 Å². The molecule has 8 nitrogen and oxygen atoms in total. The first-order valence-corrected chi connectivity index (χ1v) is 10.5. The van der Waals surface area contributed by atoms with Crippen LogP contribution in [0.3, 0.4) is 0 Å². The van der Waals surface area contributed by atoms with Crippen molar-refractivity contribution >= 4 is 44.4 Å². The molecule has 3 aromatic rings. The van der Waals surface area contributed by atoms with Gasteiger partial charge in [0.2, 0.25) is 11.2 Å². The molecule has 3 heterocycles. The summed E-state index contributed by atoms with van der Waals surface area (Å²) < 4.78 is 27.3. The normalized spacial score (nSPS) is 17.4. The molecule has 0 spiro atoms. The van der Waals surface area contributed by atoms with Gasteiger partial charge < -0.3 is 10.6 Å². The Balaban J connectivity index is 1.88. The number of primary amides is 1. The van der Waals surface area contributed by atoms with E-state index in [9.17, 15) is 13.2 Å². The van der Waals surface area contributed by atoms with E-state index < -0.39 is 22.0 Å². The summed E-state index contributed by atoms with van der Waals surface area (Å²) in [4.78, 5) is 22.1. The van der Waals surface area contributed by atoms with Gasteiger partial charge in [0.25, 0.3) is 10.0 Å². The quantitative estimate of drug-likeness (QED) is 0.648. The van der Waals surface area contributed by atoms with E-state index in [0.717, 1.165) is 16.0 Å². The molecule has 0 saturated carbocycles. The number of nitrogens with two attached hydrogens (primary N) is 1. The number of nitrogens with zero attached hydrogens (tertiary/aromatic N) is 4. The number of aromatic nitrogens is 3. The summed E-state index contributed by atoms with van der Waals surface area (Å²) in [5.41, 5.74) is 6.62. The van der Waals surface area contributed by atoms with Crippen molar-refractivity contribution in [2.45, 2.75) is 30.7 Å². The molecule has 1 atom stereocenters. The van der Waals surface area contributed by atoms with E-state index in [4.69, 9.17) is 17.3 Å². The first-order valence-electron chi connectivity index (χ1n) is 8.72. The van der Waals surface area contributed by atoms with Crippen LogP contribution in [0.25, 0.3) is 11.0 Å². The van der Waals surface area contributed by atoms with Gasteiger partial charge in [-0.15, -0.1) is 0 Å². The SMILES string of the molecule is Cc1ccc(S(=O)(=O)n2ccc3c(N4CCCC4C(N)=O)nc(Cl)nc32)cc1. The summed E-state index contributed by atoms with van der Waals surface area (Å²) in [7, 11) is -3.87. The fourth-order valence-corrected chi connectivity index (χ4v) is 4.96. The molecule has 146 valence electrons. The third kappa shape index (κ3) is 3.00. The Bertz CT molecular complexity index is 1170. The van der Waals surface area contributed by atoms with Gasteiger partial charge in [-0.3, -0.25) is 4.79 Å². The number of carbonyl (C=O) groups excluding carboxylic acids is 1. The van der Waals surface area contributed by atoms with E-state index in [1.807, 2.05) is 6.92 Å². The van der Waals surface area contributed by atoms with Crippen molar-refractivity contribution in [3.8, 4) is 0 Å². The monoisotopic (exact) mass is 419 g/mol. The molecule has 28 heavy (non-hydrogen) atoms. The van der Waals surface area contributed by atoms with Gasteiger partial charge in [-0.1, -0.05) is 17.7 Å². The van der Waals surface area contributed by atoms with Crippen LogP contribution < -0.4 is 10.6 Å². The average Bonchev–Trinajstić information content (AvgIpc) is 3.28. The van der Waals surface area contributed by atoms with Crippen LogP contribution in [0.15, 0.2) is 41.4 Å². The van der Waals surface area contributed by atoms with Gasteiger partial charge in [0.05, 0.1) is 10.3 Å². The molecule has 1 fully saturated rings. The number of carbonyl (C=O) groups is 1. The third-order valence-corrected chi connectivity index (χ3v) is 6.74. The van der Waals surface area contributed by atoms with Gasteiger partial charge in [0.1, 0.15) is 11.9 Å². The number of amides is 1. The number of hydrogen-bond donors (Lipinski definition) is 1. The van der Waals surface area contributed by atoms with E-state index >= 15 is 0 Å². The molecule has 1 saturated heterocycles. The van der Waals surface area contributed by atoms with Gasteiger partial charge in [-0.05, 0) is 49.6 Å². The molecule has 0 aliphatic carbocycles. The molecular formula is C18H18ClN5O3S. The van der Waals surface area contributed by atoms with Crippen molar-refractivity contribution < 1.29 is 13.2 Å². The second kappa shape index (κ2) is 6.75. The van der Waals surface area contributed by atoms with Gasteiger partial charge in [0, 0.05) is 12.7 Å². The maximum Gasteiger partial charge on any atom is 0.269 e. The maximum absolute atomic E-state index is 13.1. The lowest BCUT2D eigenvalue weighted by molar-refractivity contribution is -0.119. The third-order valence-electron chi connectivity index (χ3n) is 4.89. The smallest absolute Gasteiger partial charge is 0.269 e. The number of rotatable bonds is 4. The summed E-state index contributed by atoms with van der Waals surface area (Å²) in [5, 5.41) is 0.393. The van der Waals surface area contributed by atoms with E-state index in [0.29, 0.717) is 24.2 Å². The minimum absolute atomic E-state index is 0.100. The lowest BCUT2D eigenvalue weighted by atomic mass is 10.2. The highest BCUT2D eigenvalue weighted by atomic mass is 35.5. The van der Waals surface area contributed by atoms with Gasteiger partial charge >= 0.3 is 0 Å². The van der Waals surface area contributed by atoms with Crippen LogP contribution in [0.1, 0.15) is 18.4 Å². The van der Waals surface area contributed by atoms with E-state index in [1.54, 1.807) is 35.2 Å². The maximum atomic E-state index is 13.1. The fraction of sp³-hybridized carbons (Fsp3) is 0.278. The molecule has 1 aliphatic rings. The molecule has 1 unspecified atom stereocenters. The molecule has 0 bridgehead atoms. The highest BCUT2D eigenvalue weighted by Crippen LogP contribution is 2.33. The Hall–Kier alpha value is -2.65. The number of halogens is 1. The van der Waals surface area contributed by atoms with E-state index in [-0.39, 0.29) is 15.8 Å². The molecule has 1 amide bonds. The predicted octanol–water partition coefficient (Wildman–Crippen LogP) is 2.08. The molecule has 10 heteroatoms. The summed E-state index contributed by atoms with van der Waals surface area (Å²) >= 11 is 6.10. The summed E-state index contributed by atoms with van der Waals surface area (Å²) in [6.45, 7) is 2.46. The minimum Gasteiger partial charge on any atom is -0.368 e. The van der Waals surface area contributed by atoms with Crippen molar-refractivity contribution in [3.63, 3.8) is 0 Å². The van der Waals surface area contributed by atoms with Crippen LogP contribution in [0.2, 0.25) is 5.28 Å². The summed E-state index contributed by atoms with van der Waals surface area (Å²) in [6.07, 6.45) is 2.81. The van der Waals surface area contributed by atoms with Gasteiger partial charge in [-0.2, -0.15) is 9.97 Å². The Morgan fingerprint density at radius 2 is 1.93 bits per heavy atom. The highest BCUT2D eigenvalue weighted by molar-refractivity contribution is 7.90. The average molecular weight is 420 g/mol. The molecular weight excluding hydrogens is 402 g/mol. The molecule has 1 aliphatic heterocycles. The molecule has 0 radical (unpaired) electrons. The summed E-state index contributed by atoms with van der Waals surface area (Å²) in [5.74, 6) is -0.0405. The van der Waals surface area contributed by atoms with Crippen LogP contribution in [-0.2, 0) is 14.8 Å². The molecule has 2 aromatic heterocycles. The lowest BCUT2D eigenvalue weighted by Crippen LogP contribution is -2.40. The van der Waals surface area contributed by atoms with Crippen molar-refractivity contribution in [1.29, 1.82) is 0 Å². The largest absolute Gasteiger partial charge is 0.368 e. The second-order valence-electron chi connectivity index (χ2n) is 6.74. The van der Waals surface area contributed by atoms with Crippen molar-refractivity contribution in [2.75, 3.05) is 11.4 Å². The van der Waals surface area contributed by atoms with E-state index in [2.05, 4.69) is 9.97 Å². The second-order valence-corrected chi connectivity index (χ2v) is 8.89. The Labute approximate surface area is 167 Å². The molecule has 2 N–H and O–H groups in total. The Kier molecular flexibility index (Phi) is 4.51. The van der Waals surface area contributed by atoms with Crippen LogP contribution in [-0.4, -0.2) is 40.9 Å². The van der Waals surface area contributed by atoms with Crippen LogP contribution in [0.5, 0.6) is 0 Å². The standard InChI is InChI=1S/C18H18ClN5O3S/c1-11-4-6-12(7-5-11)28(26,27)24-10-8-13-16(21-18(19)22-17(13)24)23-9-2-3-14(23)15(20)25/h4-8,10,14H,2-3,9H2,1H3,(H2,20,25). The Morgan fingerprint density at radius 1 is 1.21 bits per heavy atom. The fourth-order valence-electron chi connectivity index (χ4n) is 3.50. The first-order chi connectivity index (χ1) is 13.3. The molecule has 4 rings (SSSR count). The summed E-state index contributed by atoms with van der Waals surface area (Å²) in [6, 6.07) is 7.66. The highest BCUT2D eigenvalue weighted by Gasteiger charge is 2.32. The van der Waals surface area contributed by atoms with Crippen molar-refractivity contribution in [3.05, 3.63) is 47.4 Å². The number of aryl methyl sites for hydroxylation is 1. The Morgan fingerprint density at radius 3 is 2.61 bits per heavy atom. The lowest BCUT2D eigenvalue weighted by Gasteiger charge is -2.23. The zero-order valence-corrected chi connectivity index (χ0v) is 16.6. The predicted molar refractivity (Wildman–Crippen MR) is 106 cm³/mol. The number of anilines is 1. The first kappa shape index (κ1) is 18.7. The minimum atomic E-state index is -3.87. The van der Waals surface area contributed by atoms with Crippen molar-refractivity contribution in [1.82, 2.24) is 13.9 Å². The topological polar surface area (TPSA) is 111 Å². The van der Waals surface area contributed by atoms with Crippen LogP contribution in [0.4, 0.5) is 5.82 Å². The number of fused-ring (bicyclic) bond motifs is 1. The zero-order chi connectivity index (χ0) is 20.1. The van der Waals surface area contributed by atoms with Crippen LogP contribution >= 0.6 is 11.6 Å². The number of hydrogen-bond acceptors (Lipinski definition) is 6. The zero-order valence-electron chi connectivity index (χ0n) is 15.0. The van der Waals surface area contributed by atoms with E-state index in [1.165, 1.54) is 6.20 Å². The van der Waals surface area contributed by atoms with Gasteiger partial charge in [-0.25, -0.2) is 12.4 Å².